The van der Waals surface area contributed by atoms with Gasteiger partial charge in [0.1, 0.15) is 5.52 Å². The highest BCUT2D eigenvalue weighted by Gasteiger charge is 2.35. The van der Waals surface area contributed by atoms with Gasteiger partial charge in [0, 0.05) is 25.8 Å². The van der Waals surface area contributed by atoms with Crippen LogP contribution in [0, 0.1) is 6.92 Å². The van der Waals surface area contributed by atoms with Gasteiger partial charge >= 0.3 is 0 Å². The molecule has 1 fully saturated rings. The summed E-state index contributed by atoms with van der Waals surface area (Å²) in [6.45, 7) is 2.86. The largest absolute Gasteiger partial charge is 0.593 e. The highest BCUT2D eigenvalue weighted by molar-refractivity contribution is 7.95. The summed E-state index contributed by atoms with van der Waals surface area (Å²) in [7, 11) is -3.66. The van der Waals surface area contributed by atoms with E-state index in [1.807, 2.05) is 37.3 Å². The van der Waals surface area contributed by atoms with Crippen molar-refractivity contribution in [3.05, 3.63) is 100 Å². The zero-order valence-electron chi connectivity index (χ0n) is 20.4. The fourth-order valence-corrected chi connectivity index (χ4v) is 5.87. The second-order valence-electron chi connectivity index (χ2n) is 9.01. The molecular weight excluding hydrogens is 490 g/mol. The number of benzene rings is 2. The molecule has 5 rings (SSSR count). The molecule has 0 spiro atoms. The lowest BCUT2D eigenvalue weighted by Crippen LogP contribution is -2.53. The monoisotopic (exact) mass is 517 g/mol. The predicted octanol–water partition coefficient (Wildman–Crippen LogP) is 2.70. The van der Waals surface area contributed by atoms with Gasteiger partial charge in [-0.25, -0.2) is 9.97 Å². The van der Waals surface area contributed by atoms with E-state index in [0.717, 1.165) is 11.1 Å². The Labute approximate surface area is 215 Å². The molecule has 0 aliphatic carbocycles. The average molecular weight is 518 g/mol. The summed E-state index contributed by atoms with van der Waals surface area (Å²) in [5, 5.41) is 0. The second kappa shape index (κ2) is 10.3. The van der Waals surface area contributed by atoms with E-state index in [0.29, 0.717) is 24.1 Å². The summed E-state index contributed by atoms with van der Waals surface area (Å²) < 4.78 is 28.9. The lowest BCUT2D eigenvalue weighted by atomic mass is 10.1. The number of carbonyl (C=O) groups excluding carboxylic acids is 1. The van der Waals surface area contributed by atoms with Crippen molar-refractivity contribution in [2.45, 2.75) is 24.8 Å². The van der Waals surface area contributed by atoms with Crippen molar-refractivity contribution in [1.82, 2.24) is 23.7 Å². The van der Waals surface area contributed by atoms with Crippen molar-refractivity contribution in [3.8, 4) is 0 Å². The predicted molar refractivity (Wildman–Crippen MR) is 140 cm³/mol. The third-order valence-corrected chi connectivity index (χ3v) is 8.47. The Kier molecular flexibility index (Phi) is 6.96. The van der Waals surface area contributed by atoms with Crippen LogP contribution >= 0.6 is 0 Å². The zero-order valence-corrected chi connectivity index (χ0v) is 21.3. The fourth-order valence-electron chi connectivity index (χ4n) is 4.45. The van der Waals surface area contributed by atoms with Crippen molar-refractivity contribution >= 4 is 27.5 Å². The van der Waals surface area contributed by atoms with Crippen molar-refractivity contribution < 1.29 is 13.6 Å². The summed E-state index contributed by atoms with van der Waals surface area (Å²) in [5.41, 5.74) is 2.24. The van der Waals surface area contributed by atoms with E-state index >= 15 is 0 Å². The van der Waals surface area contributed by atoms with E-state index in [2.05, 4.69) is 9.97 Å². The van der Waals surface area contributed by atoms with Crippen LogP contribution < -0.4 is 5.56 Å². The average Bonchev–Trinajstić information content (AvgIpc) is 2.93. The molecule has 0 bridgehead atoms. The summed E-state index contributed by atoms with van der Waals surface area (Å²) in [5.74, 6) is -0.503. The van der Waals surface area contributed by atoms with Crippen molar-refractivity contribution in [3.63, 3.8) is 0 Å². The molecule has 4 aromatic rings. The highest BCUT2D eigenvalue weighted by atomic mass is 32.3. The normalized spacial score (nSPS) is 16.0. The first-order valence-corrected chi connectivity index (χ1v) is 13.5. The first-order chi connectivity index (χ1) is 17.8. The minimum Gasteiger partial charge on any atom is -0.593 e. The minimum atomic E-state index is -3.66. The Morgan fingerprint density at radius 1 is 0.973 bits per heavy atom. The van der Waals surface area contributed by atoms with E-state index in [1.165, 1.54) is 13.8 Å². The van der Waals surface area contributed by atoms with E-state index in [9.17, 15) is 18.4 Å². The van der Waals surface area contributed by atoms with Gasteiger partial charge in [-0.1, -0.05) is 52.2 Å². The first-order valence-electron chi connectivity index (χ1n) is 12.1. The molecule has 1 aliphatic rings. The molecule has 1 atom stereocenters. The molecule has 0 saturated carbocycles. The van der Waals surface area contributed by atoms with Gasteiger partial charge in [-0.15, -0.1) is 4.31 Å². The second-order valence-corrected chi connectivity index (χ2v) is 10.9. The SMILES string of the molecule is Cc1ccc([S+](=O)([O-])N2CCN(C(=O)c3nc4cccnc4n(CCc4ccccc4)c3=O)CC2)cc1. The number of rotatable bonds is 6. The Bertz CT molecular complexity index is 1530. The van der Waals surface area contributed by atoms with E-state index in [4.69, 9.17) is 0 Å². The summed E-state index contributed by atoms with van der Waals surface area (Å²) in [6, 6.07) is 19.9. The molecule has 3 heterocycles. The van der Waals surface area contributed by atoms with Gasteiger partial charge in [0.05, 0.1) is 13.1 Å². The molecule has 37 heavy (non-hydrogen) atoms. The molecule has 0 radical (unpaired) electrons. The summed E-state index contributed by atoms with van der Waals surface area (Å²) in [6.07, 6.45) is 2.19. The standard InChI is InChI=1S/C27H27N5O4S/c1-20-9-11-22(12-10-20)37(35,36)31-18-16-30(17-19-31)26(33)24-27(34)32(15-13-21-6-3-2-4-7-21)25-23(29-24)8-5-14-28-25/h2-12,14H,13,15-19H2,1H3. The maximum atomic E-state index is 13.4. The quantitative estimate of drug-likeness (QED) is 0.364. The van der Waals surface area contributed by atoms with Gasteiger partial charge in [0.2, 0.25) is 0 Å². The fraction of sp³-hybridized carbons (Fsp3) is 0.259. The first kappa shape index (κ1) is 24.9. The lowest BCUT2D eigenvalue weighted by Gasteiger charge is -2.35. The molecule has 10 heteroatoms. The molecule has 1 unspecified atom stereocenters. The van der Waals surface area contributed by atoms with Crippen molar-refractivity contribution in [2.75, 3.05) is 26.2 Å². The van der Waals surface area contributed by atoms with Gasteiger partial charge in [0.15, 0.2) is 26.6 Å². The van der Waals surface area contributed by atoms with Crippen LogP contribution in [0.5, 0.6) is 0 Å². The molecule has 0 N–H and O–H groups in total. The van der Waals surface area contributed by atoms with Crippen LogP contribution in [-0.4, -0.2) is 60.4 Å². The number of hydrogen-bond acceptors (Lipinski definition) is 6. The van der Waals surface area contributed by atoms with Crippen LogP contribution in [0.2, 0.25) is 0 Å². The van der Waals surface area contributed by atoms with E-state index in [-0.39, 0.29) is 36.8 Å². The Hall–Kier alpha value is -3.73. The third kappa shape index (κ3) is 5.08. The molecule has 9 nitrogen and oxygen atoms in total. The van der Waals surface area contributed by atoms with Crippen molar-refractivity contribution in [1.29, 1.82) is 0 Å². The summed E-state index contributed by atoms with van der Waals surface area (Å²) in [4.78, 5) is 37.3. The van der Waals surface area contributed by atoms with Crippen LogP contribution in [0.3, 0.4) is 0 Å². The number of pyridine rings is 1. The molecule has 1 saturated heterocycles. The number of nitrogens with zero attached hydrogens (tertiary/aromatic N) is 5. The van der Waals surface area contributed by atoms with Crippen LogP contribution in [0.15, 0.2) is 82.6 Å². The maximum absolute atomic E-state index is 13.4. The Morgan fingerprint density at radius 2 is 1.68 bits per heavy atom. The number of hydrogen-bond donors (Lipinski definition) is 0. The molecule has 1 amide bonds. The van der Waals surface area contributed by atoms with Crippen LogP contribution in [0.4, 0.5) is 0 Å². The van der Waals surface area contributed by atoms with E-state index < -0.39 is 21.9 Å². The van der Waals surface area contributed by atoms with Gasteiger partial charge in [-0.05, 0) is 43.2 Å². The number of fused-ring (bicyclic) bond motifs is 1. The van der Waals surface area contributed by atoms with E-state index in [1.54, 1.807) is 42.6 Å². The number of aromatic nitrogens is 3. The molecular formula is C27H27N5O4S. The maximum Gasteiger partial charge on any atom is 0.283 e. The van der Waals surface area contributed by atoms with Crippen LogP contribution in [-0.2, 0) is 27.6 Å². The van der Waals surface area contributed by atoms with Crippen LogP contribution in [0.25, 0.3) is 11.2 Å². The molecule has 2 aromatic heterocycles. The van der Waals surface area contributed by atoms with Gasteiger partial charge < -0.3 is 9.45 Å². The van der Waals surface area contributed by atoms with Crippen molar-refractivity contribution in [2.24, 2.45) is 0 Å². The smallest absolute Gasteiger partial charge is 0.283 e. The lowest BCUT2D eigenvalue weighted by molar-refractivity contribution is 0.0685. The third-order valence-electron chi connectivity index (χ3n) is 6.56. The number of aryl methyl sites for hydroxylation is 3. The number of sulfonamides is 1. The molecule has 2 aromatic carbocycles. The number of piperazine rings is 1. The minimum absolute atomic E-state index is 0.138. The Morgan fingerprint density at radius 3 is 2.38 bits per heavy atom. The van der Waals surface area contributed by atoms with Gasteiger partial charge in [0.25, 0.3) is 11.5 Å². The number of amides is 1. The summed E-state index contributed by atoms with van der Waals surface area (Å²) >= 11 is 0. The highest BCUT2D eigenvalue weighted by Crippen LogP contribution is 2.23. The molecule has 190 valence electrons. The van der Waals surface area contributed by atoms with Gasteiger partial charge in [-0.3, -0.25) is 14.2 Å². The zero-order chi connectivity index (χ0) is 26.0. The molecule has 1 aliphatic heterocycles. The van der Waals surface area contributed by atoms with Gasteiger partial charge in [-0.2, -0.15) is 0 Å². The van der Waals surface area contributed by atoms with Crippen LogP contribution in [0.1, 0.15) is 21.6 Å². The number of carbonyl (C=O) groups is 1. The Balaban J connectivity index is 1.37. The topological polar surface area (TPSA) is 111 Å².